The van der Waals surface area contributed by atoms with Crippen molar-refractivity contribution in [1.29, 1.82) is 0 Å². The molecule has 130 valence electrons. The molecule has 1 fully saturated rings. The van der Waals surface area contributed by atoms with Crippen molar-refractivity contribution in [3.8, 4) is 0 Å². The minimum atomic E-state index is 0. The summed E-state index contributed by atoms with van der Waals surface area (Å²) in [6.45, 7) is 6.58. The molecule has 0 spiro atoms. The van der Waals surface area contributed by atoms with Crippen LogP contribution in [0.25, 0.3) is 0 Å². The summed E-state index contributed by atoms with van der Waals surface area (Å²) in [6.07, 6.45) is 2.48. The van der Waals surface area contributed by atoms with E-state index < -0.39 is 0 Å². The van der Waals surface area contributed by atoms with Gasteiger partial charge in [-0.1, -0.05) is 18.2 Å². The number of aliphatic imine (C=N–C) groups is 1. The highest BCUT2D eigenvalue weighted by Gasteiger charge is 2.43. The summed E-state index contributed by atoms with van der Waals surface area (Å²) in [6, 6.07) is 10.9. The summed E-state index contributed by atoms with van der Waals surface area (Å²) in [5, 5.41) is 6.70. The van der Waals surface area contributed by atoms with Crippen molar-refractivity contribution in [2.45, 2.75) is 42.4 Å². The van der Waals surface area contributed by atoms with Crippen molar-refractivity contribution in [3.05, 3.63) is 30.3 Å². The number of thioether (sulfide) groups is 1. The molecule has 0 heterocycles. The van der Waals surface area contributed by atoms with Gasteiger partial charge in [-0.05, 0) is 38.8 Å². The predicted molar refractivity (Wildman–Crippen MR) is 110 cm³/mol. The van der Waals surface area contributed by atoms with Crippen molar-refractivity contribution < 1.29 is 4.74 Å². The molecule has 0 amide bonds. The lowest BCUT2D eigenvalue weighted by molar-refractivity contribution is 0.179. The summed E-state index contributed by atoms with van der Waals surface area (Å²) >= 11 is 1.96. The Bertz CT molecular complexity index is 480. The largest absolute Gasteiger partial charge is 0.383 e. The van der Waals surface area contributed by atoms with Gasteiger partial charge >= 0.3 is 0 Å². The van der Waals surface area contributed by atoms with Gasteiger partial charge in [0.2, 0.25) is 0 Å². The molecule has 4 nitrogen and oxygen atoms in total. The van der Waals surface area contributed by atoms with Crippen LogP contribution in [0, 0.1) is 0 Å². The molecule has 23 heavy (non-hydrogen) atoms. The first-order valence-electron chi connectivity index (χ1n) is 7.95. The molecule has 2 N–H and O–H groups in total. The number of hydrogen-bond donors (Lipinski definition) is 2. The van der Waals surface area contributed by atoms with Crippen LogP contribution < -0.4 is 10.6 Å². The second-order valence-electron chi connectivity index (χ2n) is 5.79. The summed E-state index contributed by atoms with van der Waals surface area (Å²) in [7, 11) is 1.72. The van der Waals surface area contributed by atoms with Crippen LogP contribution in [0.4, 0.5) is 0 Å². The second kappa shape index (κ2) is 10.4. The number of guanidine groups is 1. The molecule has 1 aliphatic carbocycles. The van der Waals surface area contributed by atoms with Crippen LogP contribution in [0.3, 0.4) is 0 Å². The standard InChI is InChI=1S/C17H27N3OS.HI/c1-4-18-16(20-14(2)12-21-3)19-13-17(10-11-17)22-15-8-6-5-7-9-15;/h5-9,14H,4,10-13H2,1-3H3,(H2,18,19,20);1H. The lowest BCUT2D eigenvalue weighted by Gasteiger charge is -2.18. The van der Waals surface area contributed by atoms with E-state index in [2.05, 4.69) is 54.8 Å². The highest BCUT2D eigenvalue weighted by Crippen LogP contribution is 2.51. The third kappa shape index (κ3) is 7.30. The molecule has 1 saturated carbocycles. The number of nitrogens with one attached hydrogen (secondary N) is 2. The third-order valence-electron chi connectivity index (χ3n) is 3.55. The topological polar surface area (TPSA) is 45.7 Å². The molecule has 0 saturated heterocycles. The minimum absolute atomic E-state index is 0. The Balaban J connectivity index is 0.00000264. The van der Waals surface area contributed by atoms with E-state index in [0.717, 1.165) is 19.0 Å². The average molecular weight is 449 g/mol. The van der Waals surface area contributed by atoms with E-state index >= 15 is 0 Å². The Hall–Kier alpha value is -0.470. The fourth-order valence-corrected chi connectivity index (χ4v) is 3.47. The molecular weight excluding hydrogens is 421 g/mol. The zero-order valence-corrected chi connectivity index (χ0v) is 17.3. The SMILES string of the molecule is CCNC(=NCC1(Sc2ccccc2)CC1)NC(C)COC.I. The van der Waals surface area contributed by atoms with Crippen LogP contribution in [-0.2, 0) is 4.74 Å². The summed E-state index contributed by atoms with van der Waals surface area (Å²) in [5.41, 5.74) is 0. The van der Waals surface area contributed by atoms with Crippen LogP contribution >= 0.6 is 35.7 Å². The van der Waals surface area contributed by atoms with Crippen molar-refractivity contribution in [2.75, 3.05) is 26.8 Å². The molecule has 0 aromatic heterocycles. The van der Waals surface area contributed by atoms with Gasteiger partial charge in [0, 0.05) is 29.3 Å². The normalized spacial score (nSPS) is 17.1. The second-order valence-corrected chi connectivity index (χ2v) is 7.34. The highest BCUT2D eigenvalue weighted by molar-refractivity contribution is 14.0. The maximum atomic E-state index is 5.17. The van der Waals surface area contributed by atoms with E-state index in [0.29, 0.717) is 6.61 Å². The van der Waals surface area contributed by atoms with Gasteiger partial charge in [0.25, 0.3) is 0 Å². The lowest BCUT2D eigenvalue weighted by atomic mass is 10.3. The molecule has 1 aliphatic rings. The van der Waals surface area contributed by atoms with Crippen LogP contribution in [0.2, 0.25) is 0 Å². The van der Waals surface area contributed by atoms with Crippen LogP contribution in [0.15, 0.2) is 40.2 Å². The Labute approximate surface area is 161 Å². The van der Waals surface area contributed by atoms with Gasteiger partial charge in [0.05, 0.1) is 13.2 Å². The van der Waals surface area contributed by atoms with Gasteiger partial charge in [0.1, 0.15) is 0 Å². The predicted octanol–water partition coefficient (Wildman–Crippen LogP) is 3.52. The van der Waals surface area contributed by atoms with Gasteiger partial charge in [-0.3, -0.25) is 4.99 Å². The molecule has 0 bridgehead atoms. The minimum Gasteiger partial charge on any atom is -0.383 e. The van der Waals surface area contributed by atoms with Gasteiger partial charge in [-0.2, -0.15) is 0 Å². The van der Waals surface area contributed by atoms with E-state index in [1.165, 1.54) is 17.7 Å². The maximum Gasteiger partial charge on any atom is 0.191 e. The van der Waals surface area contributed by atoms with Crippen LogP contribution in [-0.4, -0.2) is 43.6 Å². The van der Waals surface area contributed by atoms with Crippen molar-refractivity contribution in [2.24, 2.45) is 4.99 Å². The molecule has 0 aliphatic heterocycles. The fourth-order valence-electron chi connectivity index (χ4n) is 2.24. The van der Waals surface area contributed by atoms with Crippen LogP contribution in [0.1, 0.15) is 26.7 Å². The monoisotopic (exact) mass is 449 g/mol. The molecule has 1 atom stereocenters. The Kier molecular flexibility index (Phi) is 9.31. The zero-order valence-electron chi connectivity index (χ0n) is 14.2. The fraction of sp³-hybridized carbons (Fsp3) is 0.588. The third-order valence-corrected chi connectivity index (χ3v) is 5.03. The zero-order chi connectivity index (χ0) is 15.8. The quantitative estimate of drug-likeness (QED) is 0.362. The van der Waals surface area contributed by atoms with Crippen molar-refractivity contribution in [1.82, 2.24) is 10.6 Å². The number of ether oxygens (including phenoxy) is 1. The molecule has 1 aromatic carbocycles. The lowest BCUT2D eigenvalue weighted by Crippen LogP contribution is -2.44. The smallest absolute Gasteiger partial charge is 0.191 e. The molecule has 2 rings (SSSR count). The van der Waals surface area contributed by atoms with E-state index in [1.807, 2.05) is 11.8 Å². The first-order chi connectivity index (χ1) is 10.7. The number of rotatable bonds is 8. The number of benzene rings is 1. The van der Waals surface area contributed by atoms with Gasteiger partial charge in [-0.15, -0.1) is 35.7 Å². The Morgan fingerprint density at radius 3 is 2.61 bits per heavy atom. The van der Waals surface area contributed by atoms with E-state index in [1.54, 1.807) is 7.11 Å². The van der Waals surface area contributed by atoms with Crippen molar-refractivity contribution in [3.63, 3.8) is 0 Å². The van der Waals surface area contributed by atoms with E-state index in [4.69, 9.17) is 9.73 Å². The number of hydrogen-bond acceptors (Lipinski definition) is 3. The average Bonchev–Trinajstić information content (AvgIpc) is 3.26. The number of halogens is 1. The molecular formula is C17H28IN3OS. The van der Waals surface area contributed by atoms with Crippen LogP contribution in [0.5, 0.6) is 0 Å². The Morgan fingerprint density at radius 1 is 1.35 bits per heavy atom. The summed E-state index contributed by atoms with van der Waals surface area (Å²) in [5.74, 6) is 0.881. The first-order valence-corrected chi connectivity index (χ1v) is 8.77. The first kappa shape index (κ1) is 20.6. The van der Waals surface area contributed by atoms with E-state index in [-0.39, 0.29) is 34.8 Å². The molecule has 1 unspecified atom stereocenters. The highest BCUT2D eigenvalue weighted by atomic mass is 127. The van der Waals surface area contributed by atoms with Gasteiger partial charge in [0.15, 0.2) is 5.96 Å². The Morgan fingerprint density at radius 2 is 2.04 bits per heavy atom. The number of methoxy groups -OCH3 is 1. The molecule has 1 aromatic rings. The maximum absolute atomic E-state index is 5.17. The van der Waals surface area contributed by atoms with Crippen molar-refractivity contribution >= 4 is 41.7 Å². The van der Waals surface area contributed by atoms with Gasteiger partial charge in [-0.25, -0.2) is 0 Å². The number of nitrogens with zero attached hydrogens (tertiary/aromatic N) is 1. The summed E-state index contributed by atoms with van der Waals surface area (Å²) < 4.78 is 5.46. The van der Waals surface area contributed by atoms with E-state index in [9.17, 15) is 0 Å². The van der Waals surface area contributed by atoms with Gasteiger partial charge < -0.3 is 15.4 Å². The molecule has 6 heteroatoms. The summed E-state index contributed by atoms with van der Waals surface area (Å²) in [4.78, 5) is 6.12. The molecule has 0 radical (unpaired) electrons.